The highest BCUT2D eigenvalue weighted by Gasteiger charge is 2.40. The number of para-hydroxylation sites is 1. The minimum atomic E-state index is -4.82. The number of aromatic nitrogens is 1. The average molecular weight is 523 g/mol. The van der Waals surface area contributed by atoms with E-state index in [0.29, 0.717) is 5.56 Å². The molecule has 2 aromatic carbocycles. The molecule has 1 aliphatic heterocycles. The summed E-state index contributed by atoms with van der Waals surface area (Å²) in [5.41, 5.74) is 1.10. The second-order valence-corrected chi connectivity index (χ2v) is 10.5. The predicted molar refractivity (Wildman–Crippen MR) is 126 cm³/mol. The maximum absolute atomic E-state index is 13.3. The summed E-state index contributed by atoms with van der Waals surface area (Å²) in [5.74, 6) is -1.66. The molecule has 0 unspecified atom stereocenters. The van der Waals surface area contributed by atoms with Crippen LogP contribution < -0.4 is 0 Å². The number of ether oxygens (including phenoxy) is 1. The number of rotatable bonds is 7. The molecule has 3 aromatic rings. The topological polar surface area (TPSA) is 96.5 Å². The fourth-order valence-electron chi connectivity index (χ4n) is 4.47. The van der Waals surface area contributed by atoms with Crippen LogP contribution in [-0.4, -0.2) is 49.2 Å². The van der Waals surface area contributed by atoms with Crippen LogP contribution in [0.1, 0.15) is 41.3 Å². The number of esters is 1. The first-order valence-electron chi connectivity index (χ1n) is 11.5. The van der Waals surface area contributed by atoms with Gasteiger partial charge in [0.1, 0.15) is 0 Å². The molecule has 0 radical (unpaired) electrons. The van der Waals surface area contributed by atoms with Gasteiger partial charge in [0, 0.05) is 35.8 Å². The third-order valence-corrected chi connectivity index (χ3v) is 8.38. The molecule has 36 heavy (non-hydrogen) atoms. The standard InChI is InChI=1S/C25H25F3N2O5S/c1-2-16-6-5-7-18-19(14-29-23(16)18)21(31)15-35-24(32)17-10-12-30(13-11-17)36(33,34)22-9-4-3-8-20(22)25(26,27)28/h3-9,14,17,29H,2,10-13,15H2,1H3. The van der Waals surface area contributed by atoms with Crippen molar-refractivity contribution >= 4 is 32.7 Å². The van der Waals surface area contributed by atoms with Gasteiger partial charge in [0.2, 0.25) is 15.8 Å². The number of fused-ring (bicyclic) bond motifs is 1. The van der Waals surface area contributed by atoms with Crippen LogP contribution in [0.15, 0.2) is 53.6 Å². The molecule has 7 nitrogen and oxygen atoms in total. The molecule has 0 amide bonds. The van der Waals surface area contributed by atoms with Crippen LogP contribution in [0.25, 0.3) is 10.9 Å². The van der Waals surface area contributed by atoms with E-state index in [1.807, 2.05) is 25.1 Å². The number of benzene rings is 2. The van der Waals surface area contributed by atoms with Crippen LogP contribution in [0.3, 0.4) is 0 Å². The number of H-pyrrole nitrogens is 1. The first-order valence-corrected chi connectivity index (χ1v) is 12.9. The molecule has 1 saturated heterocycles. The van der Waals surface area contributed by atoms with Crippen LogP contribution in [-0.2, 0) is 32.2 Å². The summed E-state index contributed by atoms with van der Waals surface area (Å²) in [6, 6.07) is 9.65. The van der Waals surface area contributed by atoms with Crippen LogP contribution in [0.4, 0.5) is 13.2 Å². The number of sulfonamides is 1. The van der Waals surface area contributed by atoms with Crippen molar-refractivity contribution in [2.45, 2.75) is 37.3 Å². The Morgan fingerprint density at radius 2 is 1.78 bits per heavy atom. The van der Waals surface area contributed by atoms with E-state index in [-0.39, 0.29) is 31.7 Å². The zero-order valence-corrected chi connectivity index (χ0v) is 20.3. The predicted octanol–water partition coefficient (Wildman–Crippen LogP) is 4.58. The van der Waals surface area contributed by atoms with Gasteiger partial charge in [-0.3, -0.25) is 9.59 Å². The van der Waals surface area contributed by atoms with E-state index in [4.69, 9.17) is 4.74 Å². The lowest BCUT2D eigenvalue weighted by molar-refractivity contribution is -0.148. The SMILES string of the molecule is CCc1cccc2c(C(=O)COC(=O)C3CCN(S(=O)(=O)c4ccccc4C(F)(F)F)CC3)c[nH]c12. The monoisotopic (exact) mass is 522 g/mol. The van der Waals surface area contributed by atoms with Crippen LogP contribution in [0.2, 0.25) is 0 Å². The van der Waals surface area contributed by atoms with E-state index in [1.165, 1.54) is 6.07 Å². The summed E-state index contributed by atoms with van der Waals surface area (Å²) in [6.07, 6.45) is -2.29. The molecule has 1 fully saturated rings. The van der Waals surface area contributed by atoms with Crippen molar-refractivity contribution < 1.29 is 35.9 Å². The molecule has 1 aromatic heterocycles. The number of Topliss-reactive ketones (excluding diaryl/α,β-unsaturated/α-hetero) is 1. The van der Waals surface area contributed by atoms with Crippen molar-refractivity contribution in [1.29, 1.82) is 0 Å². The Morgan fingerprint density at radius 1 is 1.08 bits per heavy atom. The molecule has 0 bridgehead atoms. The second kappa shape index (κ2) is 10.1. The lowest BCUT2D eigenvalue weighted by Crippen LogP contribution is -2.41. The van der Waals surface area contributed by atoms with Crippen LogP contribution in [0, 0.1) is 5.92 Å². The zero-order valence-electron chi connectivity index (χ0n) is 19.5. The molecule has 0 atom stereocenters. The first kappa shape index (κ1) is 25.9. The van der Waals surface area contributed by atoms with Crippen molar-refractivity contribution in [2.75, 3.05) is 19.7 Å². The number of piperidine rings is 1. The van der Waals surface area contributed by atoms with Crippen molar-refractivity contribution in [3.05, 3.63) is 65.4 Å². The van der Waals surface area contributed by atoms with Gasteiger partial charge in [-0.25, -0.2) is 8.42 Å². The molecule has 1 N–H and O–H groups in total. The Morgan fingerprint density at radius 3 is 2.44 bits per heavy atom. The molecule has 11 heteroatoms. The summed E-state index contributed by atoms with van der Waals surface area (Å²) >= 11 is 0. The highest BCUT2D eigenvalue weighted by Crippen LogP contribution is 2.36. The molecule has 0 saturated carbocycles. The number of aromatic amines is 1. The van der Waals surface area contributed by atoms with Gasteiger partial charge >= 0.3 is 12.1 Å². The maximum atomic E-state index is 13.3. The number of alkyl halides is 3. The van der Waals surface area contributed by atoms with Gasteiger partial charge < -0.3 is 9.72 Å². The number of nitrogens with zero attached hydrogens (tertiary/aromatic N) is 1. The van der Waals surface area contributed by atoms with Crippen LogP contribution in [0.5, 0.6) is 0 Å². The number of aryl methyl sites for hydroxylation is 1. The fourth-order valence-corrected chi connectivity index (χ4v) is 6.15. The van der Waals surface area contributed by atoms with Gasteiger partial charge in [-0.2, -0.15) is 17.5 Å². The number of ketones is 1. The maximum Gasteiger partial charge on any atom is 0.417 e. The molecule has 4 rings (SSSR count). The van der Waals surface area contributed by atoms with Crippen molar-refractivity contribution in [3.63, 3.8) is 0 Å². The van der Waals surface area contributed by atoms with E-state index in [2.05, 4.69) is 4.98 Å². The fraction of sp³-hybridized carbons (Fsp3) is 0.360. The molecule has 0 aliphatic carbocycles. The van der Waals surface area contributed by atoms with Gasteiger partial charge in [-0.15, -0.1) is 0 Å². The smallest absolute Gasteiger partial charge is 0.417 e. The lowest BCUT2D eigenvalue weighted by atomic mass is 9.98. The highest BCUT2D eigenvalue weighted by atomic mass is 32.2. The van der Waals surface area contributed by atoms with E-state index >= 15 is 0 Å². The molecular formula is C25H25F3N2O5S. The summed E-state index contributed by atoms with van der Waals surface area (Å²) in [6.45, 7) is 1.28. The normalized spacial score (nSPS) is 15.8. The molecular weight excluding hydrogens is 497 g/mol. The van der Waals surface area contributed by atoms with Gasteiger partial charge in [0.25, 0.3) is 0 Å². The Kier molecular flexibility index (Phi) is 7.24. The van der Waals surface area contributed by atoms with E-state index in [0.717, 1.165) is 45.4 Å². The van der Waals surface area contributed by atoms with Crippen molar-refractivity contribution in [3.8, 4) is 0 Å². The van der Waals surface area contributed by atoms with E-state index in [9.17, 15) is 31.2 Å². The average Bonchev–Trinajstić information content (AvgIpc) is 3.31. The van der Waals surface area contributed by atoms with E-state index in [1.54, 1.807) is 6.20 Å². The number of carbonyl (C=O) groups excluding carboxylic acids is 2. The van der Waals surface area contributed by atoms with Gasteiger partial charge in [-0.05, 0) is 37.0 Å². The highest BCUT2D eigenvalue weighted by molar-refractivity contribution is 7.89. The van der Waals surface area contributed by atoms with Crippen LogP contribution >= 0.6 is 0 Å². The molecule has 192 valence electrons. The second-order valence-electron chi connectivity index (χ2n) is 8.60. The molecule has 2 heterocycles. The van der Waals surface area contributed by atoms with Gasteiger partial charge in [0.15, 0.2) is 6.61 Å². The lowest BCUT2D eigenvalue weighted by Gasteiger charge is -2.30. The Balaban J connectivity index is 1.37. The summed E-state index contributed by atoms with van der Waals surface area (Å²) in [4.78, 5) is 27.5. The molecule has 0 spiro atoms. The van der Waals surface area contributed by atoms with Gasteiger partial charge in [-0.1, -0.05) is 37.3 Å². The summed E-state index contributed by atoms with van der Waals surface area (Å²) in [5, 5.41) is 0.744. The number of halogens is 3. The number of nitrogens with one attached hydrogen (secondary N) is 1. The Hall–Kier alpha value is -3.18. The van der Waals surface area contributed by atoms with Crippen molar-refractivity contribution in [2.24, 2.45) is 5.92 Å². The Bertz CT molecular complexity index is 1390. The number of hydrogen-bond donors (Lipinski definition) is 1. The zero-order chi connectivity index (χ0) is 26.1. The molecule has 1 aliphatic rings. The first-order chi connectivity index (χ1) is 17.0. The van der Waals surface area contributed by atoms with Gasteiger partial charge in [0.05, 0.1) is 16.4 Å². The largest absolute Gasteiger partial charge is 0.457 e. The summed E-state index contributed by atoms with van der Waals surface area (Å²) < 4.78 is 71.9. The quantitative estimate of drug-likeness (QED) is 0.362. The van der Waals surface area contributed by atoms with E-state index < -0.39 is 45.2 Å². The van der Waals surface area contributed by atoms with Crippen molar-refractivity contribution in [1.82, 2.24) is 9.29 Å². The third kappa shape index (κ3) is 5.03. The minimum absolute atomic E-state index is 0.0768. The summed E-state index contributed by atoms with van der Waals surface area (Å²) in [7, 11) is -4.40. The number of hydrogen-bond acceptors (Lipinski definition) is 5. The minimum Gasteiger partial charge on any atom is -0.457 e. The number of carbonyl (C=O) groups is 2. The Labute approximate surface area is 206 Å². The third-order valence-electron chi connectivity index (χ3n) is 6.43.